The van der Waals surface area contributed by atoms with E-state index in [4.69, 9.17) is 5.73 Å². The predicted octanol–water partition coefficient (Wildman–Crippen LogP) is 2.38. The highest BCUT2D eigenvalue weighted by Gasteiger charge is 2.16. The minimum atomic E-state index is 0.382. The lowest BCUT2D eigenvalue weighted by molar-refractivity contribution is 0.228. The van der Waals surface area contributed by atoms with Gasteiger partial charge >= 0.3 is 0 Å². The molecular weight excluding hydrogens is 236 g/mol. The molecule has 19 heavy (non-hydrogen) atoms. The summed E-state index contributed by atoms with van der Waals surface area (Å²) in [5, 5.41) is 0. The molecule has 1 aliphatic rings. The van der Waals surface area contributed by atoms with Crippen LogP contribution in [-0.2, 0) is 0 Å². The number of nitrogens with two attached hydrogens (primary N) is 1. The first-order chi connectivity index (χ1) is 9.19. The largest absolute Gasteiger partial charge is 0.328 e. The van der Waals surface area contributed by atoms with Crippen LogP contribution in [0.25, 0.3) is 0 Å². The van der Waals surface area contributed by atoms with Crippen LogP contribution in [0.3, 0.4) is 0 Å². The van der Waals surface area contributed by atoms with Crippen LogP contribution in [0.4, 0.5) is 0 Å². The van der Waals surface area contributed by atoms with E-state index in [1.165, 1.54) is 5.57 Å². The van der Waals surface area contributed by atoms with E-state index in [1.807, 2.05) is 6.20 Å². The van der Waals surface area contributed by atoms with Crippen LogP contribution >= 0.6 is 0 Å². The number of amidine groups is 1. The first-order valence-corrected chi connectivity index (χ1v) is 6.99. The lowest BCUT2D eigenvalue weighted by atomic mass is 10.1. The third kappa shape index (κ3) is 5.94. The Hall–Kier alpha value is -1.26. The minimum Gasteiger partial charge on any atom is -0.328 e. The summed E-state index contributed by atoms with van der Waals surface area (Å²) in [5.41, 5.74) is 7.24. The van der Waals surface area contributed by atoms with E-state index in [0.29, 0.717) is 12.5 Å². The molecule has 106 valence electrons. The van der Waals surface area contributed by atoms with Crippen LogP contribution in [0.15, 0.2) is 34.4 Å². The van der Waals surface area contributed by atoms with Crippen LogP contribution in [0.2, 0.25) is 0 Å². The molecule has 1 saturated heterocycles. The van der Waals surface area contributed by atoms with Crippen LogP contribution < -0.4 is 5.73 Å². The van der Waals surface area contributed by atoms with Crippen molar-refractivity contribution in [2.45, 2.75) is 38.6 Å². The van der Waals surface area contributed by atoms with Gasteiger partial charge in [-0.3, -0.25) is 4.90 Å². The summed E-state index contributed by atoms with van der Waals surface area (Å²) in [6.45, 7) is 12.5. The molecule has 2 N–H and O–H groups in total. The fourth-order valence-corrected chi connectivity index (χ4v) is 2.10. The quantitative estimate of drug-likeness (QED) is 0.454. The van der Waals surface area contributed by atoms with Gasteiger partial charge in [0.25, 0.3) is 0 Å². The van der Waals surface area contributed by atoms with Crippen molar-refractivity contribution in [2.24, 2.45) is 15.7 Å². The lowest BCUT2D eigenvalue weighted by Gasteiger charge is -2.30. The Morgan fingerprint density at radius 2 is 2.11 bits per heavy atom. The van der Waals surface area contributed by atoms with Gasteiger partial charge in [-0.05, 0) is 44.6 Å². The lowest BCUT2D eigenvalue weighted by Crippen LogP contribution is -2.40. The van der Waals surface area contributed by atoms with E-state index in [1.54, 1.807) is 6.08 Å². The van der Waals surface area contributed by atoms with E-state index in [0.717, 1.165) is 44.7 Å². The van der Waals surface area contributed by atoms with E-state index in [9.17, 15) is 0 Å². The summed E-state index contributed by atoms with van der Waals surface area (Å²) in [6.07, 6.45) is 7.58. The monoisotopic (exact) mass is 262 g/mol. The fourth-order valence-electron chi connectivity index (χ4n) is 2.10. The third-order valence-corrected chi connectivity index (χ3v) is 3.42. The van der Waals surface area contributed by atoms with Crippen molar-refractivity contribution in [3.63, 3.8) is 0 Å². The first kappa shape index (κ1) is 15.8. The summed E-state index contributed by atoms with van der Waals surface area (Å²) < 4.78 is 0. The Bertz CT molecular complexity index is 349. The van der Waals surface area contributed by atoms with Gasteiger partial charge in [-0.15, -0.1) is 6.58 Å². The summed E-state index contributed by atoms with van der Waals surface area (Å²) in [7, 11) is 0. The highest BCUT2D eigenvalue weighted by molar-refractivity contribution is 5.87. The molecule has 0 aromatic carbocycles. The second-order valence-electron chi connectivity index (χ2n) is 4.95. The molecule has 0 unspecified atom stereocenters. The topological polar surface area (TPSA) is 54.0 Å². The van der Waals surface area contributed by atoms with Crippen molar-refractivity contribution < 1.29 is 0 Å². The number of hydrogen-bond acceptors (Lipinski definition) is 3. The van der Waals surface area contributed by atoms with Gasteiger partial charge in [-0.2, -0.15) is 0 Å². The number of nitrogens with zero attached hydrogens (tertiary/aromatic N) is 3. The fraction of sp³-hybridized carbons (Fsp3) is 0.600. The molecule has 0 aromatic heterocycles. The number of rotatable bonds is 6. The van der Waals surface area contributed by atoms with Gasteiger partial charge in [-0.1, -0.05) is 13.0 Å². The van der Waals surface area contributed by atoms with Crippen molar-refractivity contribution in [3.8, 4) is 0 Å². The number of piperidine rings is 1. The van der Waals surface area contributed by atoms with Gasteiger partial charge in [0.15, 0.2) is 0 Å². The molecule has 0 spiro atoms. The third-order valence-electron chi connectivity index (χ3n) is 3.42. The molecule has 0 atom stereocenters. The second kappa shape index (κ2) is 8.77. The SMILES string of the molecule is C=CCC(N=C)=N/C=C(\CC)CN1CCC(N)CC1. The molecule has 0 aliphatic carbocycles. The smallest absolute Gasteiger partial charge is 0.131 e. The van der Waals surface area contributed by atoms with Crippen molar-refractivity contribution in [3.05, 3.63) is 24.4 Å². The summed E-state index contributed by atoms with van der Waals surface area (Å²) in [5.74, 6) is 0.724. The number of likely N-dealkylation sites (tertiary alicyclic amines) is 1. The van der Waals surface area contributed by atoms with E-state index >= 15 is 0 Å². The molecule has 1 fully saturated rings. The van der Waals surface area contributed by atoms with Gasteiger partial charge in [0, 0.05) is 25.2 Å². The van der Waals surface area contributed by atoms with Crippen LogP contribution in [0, 0.1) is 0 Å². The standard InChI is InChI=1S/C15H26N4/c1-4-6-15(17-3)18-11-13(5-2)12-19-9-7-14(16)8-10-19/h4,11,14H,1,3,5-10,12,16H2,2H3/b13-11+,18-15?. The highest BCUT2D eigenvalue weighted by atomic mass is 15.1. The van der Waals surface area contributed by atoms with Crippen molar-refractivity contribution in [1.82, 2.24) is 4.90 Å². The molecule has 1 aliphatic heterocycles. The highest BCUT2D eigenvalue weighted by Crippen LogP contribution is 2.12. The van der Waals surface area contributed by atoms with E-state index in [-0.39, 0.29) is 0 Å². The average Bonchev–Trinajstić information content (AvgIpc) is 2.44. The maximum absolute atomic E-state index is 5.92. The van der Waals surface area contributed by atoms with Crippen molar-refractivity contribution in [1.29, 1.82) is 0 Å². The molecule has 1 rings (SSSR count). The van der Waals surface area contributed by atoms with Gasteiger partial charge < -0.3 is 5.73 Å². The Labute approximate surface area is 116 Å². The van der Waals surface area contributed by atoms with Gasteiger partial charge in [0.05, 0.1) is 0 Å². The van der Waals surface area contributed by atoms with Crippen LogP contribution in [0.1, 0.15) is 32.6 Å². The predicted molar refractivity (Wildman–Crippen MR) is 83.8 cm³/mol. The molecule has 0 aromatic rings. The molecule has 0 amide bonds. The molecule has 1 heterocycles. The van der Waals surface area contributed by atoms with E-state index < -0.39 is 0 Å². The Morgan fingerprint density at radius 1 is 1.42 bits per heavy atom. The Morgan fingerprint density at radius 3 is 2.63 bits per heavy atom. The second-order valence-corrected chi connectivity index (χ2v) is 4.95. The summed E-state index contributed by atoms with van der Waals surface area (Å²) in [4.78, 5) is 10.7. The zero-order valence-electron chi connectivity index (χ0n) is 12.0. The number of aliphatic imine (C=N–C) groups is 2. The molecule has 0 bridgehead atoms. The molecule has 0 radical (unpaired) electrons. The molecule has 4 nitrogen and oxygen atoms in total. The zero-order chi connectivity index (χ0) is 14.1. The van der Waals surface area contributed by atoms with Crippen molar-refractivity contribution in [2.75, 3.05) is 19.6 Å². The van der Waals surface area contributed by atoms with Crippen LogP contribution in [0.5, 0.6) is 0 Å². The average molecular weight is 262 g/mol. The summed E-state index contributed by atoms with van der Waals surface area (Å²) >= 11 is 0. The summed E-state index contributed by atoms with van der Waals surface area (Å²) in [6, 6.07) is 0.382. The first-order valence-electron chi connectivity index (χ1n) is 6.99. The van der Waals surface area contributed by atoms with Gasteiger partial charge in [-0.25, -0.2) is 9.98 Å². The van der Waals surface area contributed by atoms with Crippen LogP contribution in [-0.4, -0.2) is 43.1 Å². The normalized spacial score (nSPS) is 19.5. The van der Waals surface area contributed by atoms with Gasteiger partial charge in [0.2, 0.25) is 0 Å². The molecular formula is C15H26N4. The van der Waals surface area contributed by atoms with E-state index in [2.05, 4.69) is 35.1 Å². The van der Waals surface area contributed by atoms with Crippen molar-refractivity contribution >= 4 is 12.6 Å². The maximum atomic E-state index is 5.92. The Balaban J connectivity index is 2.56. The Kier molecular flexibility index (Phi) is 7.30. The maximum Gasteiger partial charge on any atom is 0.131 e. The van der Waals surface area contributed by atoms with Gasteiger partial charge in [0.1, 0.15) is 5.84 Å². The molecule has 4 heteroatoms. The minimum absolute atomic E-state index is 0.382. The zero-order valence-corrected chi connectivity index (χ0v) is 12.0. The number of hydrogen-bond donors (Lipinski definition) is 1. The molecule has 0 saturated carbocycles.